The molecule has 2 aromatic heterocycles. The number of aromatic nitrogens is 2. The minimum absolute atomic E-state index is 0. The number of imidazole rings is 1. The number of aryl methyl sites for hydroxylation is 1. The summed E-state index contributed by atoms with van der Waals surface area (Å²) in [7, 11) is -3.11. The number of para-hydroxylation sites is 2. The highest BCUT2D eigenvalue weighted by atomic mass is 35.5. The van der Waals surface area contributed by atoms with Crippen molar-refractivity contribution in [2.75, 3.05) is 6.38 Å². The minimum atomic E-state index is -3.11. The number of nitrogens with zero attached hydrogens (tertiary/aromatic N) is 2. The molecule has 9 heteroatoms. The van der Waals surface area contributed by atoms with Crippen LogP contribution in [0.3, 0.4) is 0 Å². The molecule has 0 saturated carbocycles. The van der Waals surface area contributed by atoms with E-state index in [0.29, 0.717) is 16.8 Å². The molecule has 3 aromatic rings. The Hall–Kier alpha value is -2.63. The number of alkyl halides is 1. The number of nitriles is 1. The second-order valence-corrected chi connectivity index (χ2v) is 4.59. The van der Waals surface area contributed by atoms with Gasteiger partial charge in [-0.25, -0.2) is 0 Å². The lowest BCUT2D eigenvalue weighted by Crippen LogP contribution is -2.13. The molecule has 0 unspecified atom stereocenters. The van der Waals surface area contributed by atoms with E-state index >= 15 is 0 Å². The van der Waals surface area contributed by atoms with E-state index in [-0.39, 0.29) is 13.0 Å². The number of pyridine rings is 1. The zero-order chi connectivity index (χ0) is 17.6. The standard InChI is InChI=1S/C13H9N3O.CH3Cl.CH4.O3S/c1-8-6-12(17)16-11-5-3-2-4-10(11)15-13(16)9(8)7-14;1-2;;1-4(2)3/h2-6,15H,1H3;1H3;1H4;. The van der Waals surface area contributed by atoms with Gasteiger partial charge in [0.25, 0.3) is 5.56 Å². The van der Waals surface area contributed by atoms with E-state index in [0.717, 1.165) is 11.0 Å². The molecule has 128 valence electrons. The van der Waals surface area contributed by atoms with Gasteiger partial charge in [-0.05, 0) is 24.6 Å². The SMILES string of the molecule is C.CCl.Cc1cc(=O)n2c([nH]c3ccccc32)c1C#N.O=S(=O)=O. The molecule has 1 aromatic carbocycles. The van der Waals surface area contributed by atoms with Crippen molar-refractivity contribution in [1.82, 2.24) is 9.38 Å². The molecule has 2 heterocycles. The van der Waals surface area contributed by atoms with Crippen molar-refractivity contribution in [2.45, 2.75) is 14.4 Å². The first-order valence-corrected chi connectivity index (χ1v) is 7.89. The highest BCUT2D eigenvalue weighted by molar-refractivity contribution is 7.59. The largest absolute Gasteiger partial charge is 0.425 e. The number of hydrogen-bond acceptors (Lipinski definition) is 5. The summed E-state index contributed by atoms with van der Waals surface area (Å²) in [6.45, 7) is 1.77. The van der Waals surface area contributed by atoms with Crippen molar-refractivity contribution >= 4 is 38.9 Å². The molecule has 0 radical (unpaired) electrons. The third-order valence-electron chi connectivity index (χ3n) is 2.92. The monoisotopic (exact) mass is 369 g/mol. The van der Waals surface area contributed by atoms with Gasteiger partial charge in [-0.2, -0.15) is 5.26 Å². The maximum absolute atomic E-state index is 12.0. The van der Waals surface area contributed by atoms with Crippen LogP contribution in [0.15, 0.2) is 35.1 Å². The van der Waals surface area contributed by atoms with Gasteiger partial charge in [0.2, 0.25) is 0 Å². The van der Waals surface area contributed by atoms with Gasteiger partial charge in [-0.3, -0.25) is 9.20 Å². The number of halogens is 1. The number of benzene rings is 1. The lowest BCUT2D eigenvalue weighted by atomic mass is 10.2. The summed E-state index contributed by atoms with van der Waals surface area (Å²) in [6, 6.07) is 11.1. The maximum Gasteiger partial charge on any atom is 0.425 e. The Balaban J connectivity index is 0.000000669. The van der Waals surface area contributed by atoms with Crippen molar-refractivity contribution in [3.63, 3.8) is 0 Å². The van der Waals surface area contributed by atoms with Crippen LogP contribution in [0.1, 0.15) is 18.6 Å². The topological polar surface area (TPSA) is 112 Å². The van der Waals surface area contributed by atoms with Crippen molar-refractivity contribution < 1.29 is 12.6 Å². The summed E-state index contributed by atoms with van der Waals surface area (Å²) < 4.78 is 26.9. The summed E-state index contributed by atoms with van der Waals surface area (Å²) in [5.74, 6) is 0. The zero-order valence-corrected chi connectivity index (χ0v) is 13.8. The molecule has 0 spiro atoms. The molecule has 1 N–H and O–H groups in total. The van der Waals surface area contributed by atoms with Crippen molar-refractivity contribution in [3.8, 4) is 6.07 Å². The van der Waals surface area contributed by atoms with E-state index < -0.39 is 10.6 Å². The average Bonchev–Trinajstić information content (AvgIpc) is 2.88. The summed E-state index contributed by atoms with van der Waals surface area (Å²) in [5, 5.41) is 9.15. The Labute approximate surface area is 145 Å². The van der Waals surface area contributed by atoms with E-state index in [1.807, 2.05) is 24.3 Å². The number of nitrogens with one attached hydrogen (secondary N) is 1. The molecule has 0 aliphatic heterocycles. The fourth-order valence-corrected chi connectivity index (χ4v) is 2.13. The molecule has 0 atom stereocenters. The number of aromatic amines is 1. The Morgan fingerprint density at radius 3 is 2.29 bits per heavy atom. The predicted octanol–water partition coefficient (Wildman–Crippen LogP) is 2.45. The Bertz CT molecular complexity index is 1040. The van der Waals surface area contributed by atoms with E-state index in [4.69, 9.17) is 17.9 Å². The molecule has 7 nitrogen and oxygen atoms in total. The smallest absolute Gasteiger partial charge is 0.338 e. The molecule has 0 saturated heterocycles. The van der Waals surface area contributed by atoms with Crippen molar-refractivity contribution in [1.29, 1.82) is 5.26 Å². The molecular formula is C15H16ClN3O4S. The fourth-order valence-electron chi connectivity index (χ4n) is 2.13. The first-order chi connectivity index (χ1) is 11.0. The van der Waals surface area contributed by atoms with Crippen LogP contribution in [0.2, 0.25) is 0 Å². The molecule has 0 fully saturated rings. The van der Waals surface area contributed by atoms with Gasteiger partial charge in [0, 0.05) is 12.4 Å². The van der Waals surface area contributed by atoms with Gasteiger partial charge in [0.15, 0.2) is 0 Å². The molecular weight excluding hydrogens is 354 g/mol. The van der Waals surface area contributed by atoms with Gasteiger partial charge < -0.3 is 4.98 Å². The van der Waals surface area contributed by atoms with E-state index in [1.54, 1.807) is 11.3 Å². The number of H-pyrrole nitrogens is 1. The second kappa shape index (κ2) is 9.50. The quantitative estimate of drug-likeness (QED) is 0.611. The minimum Gasteiger partial charge on any atom is -0.338 e. The van der Waals surface area contributed by atoms with Crippen LogP contribution in [0, 0.1) is 18.3 Å². The van der Waals surface area contributed by atoms with Crippen molar-refractivity contribution in [2.24, 2.45) is 0 Å². The molecule has 0 bridgehead atoms. The highest BCUT2D eigenvalue weighted by Gasteiger charge is 2.11. The Kier molecular flexibility index (Phi) is 8.46. The van der Waals surface area contributed by atoms with Gasteiger partial charge in [0.1, 0.15) is 11.7 Å². The van der Waals surface area contributed by atoms with Crippen LogP contribution in [0.4, 0.5) is 0 Å². The van der Waals surface area contributed by atoms with Crippen LogP contribution < -0.4 is 5.56 Å². The highest BCUT2D eigenvalue weighted by Crippen LogP contribution is 2.18. The van der Waals surface area contributed by atoms with Crippen LogP contribution in [0.5, 0.6) is 0 Å². The third kappa shape index (κ3) is 4.44. The lowest BCUT2D eigenvalue weighted by Gasteiger charge is -1.99. The molecule has 0 amide bonds. The third-order valence-corrected chi connectivity index (χ3v) is 2.92. The van der Waals surface area contributed by atoms with Gasteiger partial charge in [0.05, 0.1) is 16.6 Å². The molecule has 0 aliphatic carbocycles. The summed E-state index contributed by atoms with van der Waals surface area (Å²) >= 11 is 4.64. The Morgan fingerprint density at radius 2 is 1.75 bits per heavy atom. The second-order valence-electron chi connectivity index (χ2n) is 4.18. The van der Waals surface area contributed by atoms with Crippen LogP contribution >= 0.6 is 11.6 Å². The van der Waals surface area contributed by atoms with Crippen LogP contribution in [-0.2, 0) is 10.6 Å². The van der Waals surface area contributed by atoms with E-state index in [1.165, 1.54) is 12.4 Å². The average molecular weight is 370 g/mol. The lowest BCUT2D eigenvalue weighted by molar-refractivity contribution is 0.559. The summed E-state index contributed by atoms with van der Waals surface area (Å²) in [5.41, 5.74) is 3.31. The first-order valence-electron chi connectivity index (χ1n) is 6.13. The van der Waals surface area contributed by atoms with E-state index in [9.17, 15) is 4.79 Å². The molecule has 0 aliphatic rings. The predicted molar refractivity (Wildman–Crippen MR) is 93.2 cm³/mol. The van der Waals surface area contributed by atoms with Crippen LogP contribution in [-0.4, -0.2) is 28.4 Å². The molecule has 24 heavy (non-hydrogen) atoms. The number of rotatable bonds is 0. The summed E-state index contributed by atoms with van der Waals surface area (Å²) in [6.07, 6.45) is 1.47. The van der Waals surface area contributed by atoms with Gasteiger partial charge >= 0.3 is 10.6 Å². The number of hydrogen-bond donors (Lipinski definition) is 1. The molecule has 3 rings (SSSR count). The van der Waals surface area contributed by atoms with Gasteiger partial charge in [-0.1, -0.05) is 19.6 Å². The number of fused-ring (bicyclic) bond motifs is 3. The zero-order valence-electron chi connectivity index (χ0n) is 12.2. The Morgan fingerprint density at radius 1 is 1.21 bits per heavy atom. The van der Waals surface area contributed by atoms with Crippen molar-refractivity contribution in [3.05, 3.63) is 51.8 Å². The maximum atomic E-state index is 12.0. The first kappa shape index (κ1) is 21.4. The normalized spacial score (nSPS) is 8.92. The van der Waals surface area contributed by atoms with Crippen LogP contribution in [0.25, 0.3) is 16.7 Å². The fraction of sp³-hybridized carbons (Fsp3) is 0.200. The van der Waals surface area contributed by atoms with Gasteiger partial charge in [-0.15, -0.1) is 24.2 Å². The summed E-state index contributed by atoms with van der Waals surface area (Å²) in [4.78, 5) is 15.1. The van der Waals surface area contributed by atoms with E-state index in [2.05, 4.69) is 22.7 Å².